The number of ether oxygens (including phenoxy) is 4. The van der Waals surface area contributed by atoms with Crippen LogP contribution in [0.15, 0.2) is 36.4 Å². The summed E-state index contributed by atoms with van der Waals surface area (Å²) in [4.78, 5) is 24.2. The van der Waals surface area contributed by atoms with Gasteiger partial charge in [0.05, 0.1) is 18.2 Å². The molecule has 2 aromatic carbocycles. The number of esters is 1. The first-order valence-electron chi connectivity index (χ1n) is 8.40. The van der Waals surface area contributed by atoms with Gasteiger partial charge in [0.15, 0.2) is 18.1 Å². The van der Waals surface area contributed by atoms with E-state index in [-0.39, 0.29) is 17.0 Å². The molecule has 1 aliphatic rings. The number of hydrogen-bond donors (Lipinski definition) is 1. The molecule has 7 nitrogen and oxygen atoms in total. The Balaban J connectivity index is 1.63. The number of hydrogen-bond acceptors (Lipinski definition) is 6. The van der Waals surface area contributed by atoms with Crippen LogP contribution >= 0.6 is 0 Å². The van der Waals surface area contributed by atoms with Gasteiger partial charge in [-0.1, -0.05) is 6.07 Å². The molecule has 10 heteroatoms. The van der Waals surface area contributed by atoms with Crippen LogP contribution in [-0.2, 0) is 15.7 Å². The van der Waals surface area contributed by atoms with Gasteiger partial charge in [0.2, 0.25) is 5.75 Å². The highest BCUT2D eigenvalue weighted by Gasteiger charge is 2.30. The lowest BCUT2D eigenvalue weighted by atomic mass is 10.1. The summed E-state index contributed by atoms with van der Waals surface area (Å²) in [5.41, 5.74) is -0.907. The van der Waals surface area contributed by atoms with Crippen LogP contribution in [0.2, 0.25) is 0 Å². The molecular formula is C19H16F3NO6. The van der Waals surface area contributed by atoms with Crippen LogP contribution in [0.1, 0.15) is 15.9 Å². The van der Waals surface area contributed by atoms with Crippen molar-refractivity contribution in [2.75, 3.05) is 32.2 Å². The topological polar surface area (TPSA) is 83.1 Å². The molecule has 0 bridgehead atoms. The summed E-state index contributed by atoms with van der Waals surface area (Å²) in [5.74, 6) is -0.697. The van der Waals surface area contributed by atoms with Crippen molar-refractivity contribution in [2.24, 2.45) is 0 Å². The molecule has 0 spiro atoms. The van der Waals surface area contributed by atoms with Crippen LogP contribution in [0.5, 0.6) is 17.2 Å². The van der Waals surface area contributed by atoms with Crippen LogP contribution in [0.4, 0.5) is 18.9 Å². The van der Waals surface area contributed by atoms with E-state index in [0.717, 1.165) is 18.2 Å². The second-order valence-corrected chi connectivity index (χ2v) is 5.91. The molecule has 0 radical (unpaired) electrons. The van der Waals surface area contributed by atoms with Gasteiger partial charge in [-0.05, 0) is 30.3 Å². The van der Waals surface area contributed by atoms with Crippen molar-refractivity contribution >= 4 is 17.6 Å². The van der Waals surface area contributed by atoms with Crippen LogP contribution in [-0.4, -0.2) is 38.8 Å². The third-order valence-corrected chi connectivity index (χ3v) is 3.87. The Kier molecular flexibility index (Phi) is 5.81. The van der Waals surface area contributed by atoms with Gasteiger partial charge >= 0.3 is 12.1 Å². The van der Waals surface area contributed by atoms with Gasteiger partial charge in [-0.3, -0.25) is 4.79 Å². The van der Waals surface area contributed by atoms with Crippen molar-refractivity contribution in [1.82, 2.24) is 0 Å². The number of fused-ring (bicyclic) bond motifs is 1. The number of benzene rings is 2. The maximum atomic E-state index is 12.7. The number of methoxy groups -OCH3 is 1. The maximum Gasteiger partial charge on any atom is 0.416 e. The number of halogens is 3. The van der Waals surface area contributed by atoms with Gasteiger partial charge in [0, 0.05) is 5.69 Å². The summed E-state index contributed by atoms with van der Waals surface area (Å²) in [6, 6.07) is 6.88. The molecule has 0 unspecified atom stereocenters. The smallest absolute Gasteiger partial charge is 0.416 e. The van der Waals surface area contributed by atoms with Crippen LogP contribution < -0.4 is 19.5 Å². The second kappa shape index (κ2) is 8.29. The highest BCUT2D eigenvalue weighted by atomic mass is 19.4. The van der Waals surface area contributed by atoms with Crippen LogP contribution in [0.25, 0.3) is 0 Å². The predicted molar refractivity (Wildman–Crippen MR) is 94.3 cm³/mol. The Bertz CT molecular complexity index is 911. The van der Waals surface area contributed by atoms with Crippen molar-refractivity contribution < 1.29 is 41.7 Å². The monoisotopic (exact) mass is 411 g/mol. The molecule has 0 aliphatic carbocycles. The third kappa shape index (κ3) is 4.89. The fourth-order valence-electron chi connectivity index (χ4n) is 2.58. The molecule has 3 rings (SSSR count). The second-order valence-electron chi connectivity index (χ2n) is 5.91. The predicted octanol–water partition coefficient (Wildman–Crippen LogP) is 3.28. The van der Waals surface area contributed by atoms with Gasteiger partial charge in [0.1, 0.15) is 13.2 Å². The molecule has 1 heterocycles. The first kappa shape index (κ1) is 20.3. The number of amides is 1. The zero-order valence-corrected chi connectivity index (χ0v) is 15.2. The summed E-state index contributed by atoms with van der Waals surface area (Å²) in [6.07, 6.45) is -4.54. The van der Waals surface area contributed by atoms with E-state index in [1.165, 1.54) is 25.3 Å². The normalized spacial score (nSPS) is 12.8. The molecule has 2 aromatic rings. The van der Waals surface area contributed by atoms with E-state index in [2.05, 4.69) is 5.32 Å². The first-order chi connectivity index (χ1) is 13.8. The fraction of sp³-hybridized carbons (Fsp3) is 0.263. The minimum Gasteiger partial charge on any atom is -0.493 e. The van der Waals surface area contributed by atoms with Gasteiger partial charge in [0.25, 0.3) is 5.91 Å². The Hall–Kier alpha value is -3.43. The maximum absolute atomic E-state index is 12.7. The Morgan fingerprint density at radius 2 is 1.90 bits per heavy atom. The summed E-state index contributed by atoms with van der Waals surface area (Å²) < 4.78 is 59.1. The van der Waals surface area contributed by atoms with Crippen molar-refractivity contribution in [1.29, 1.82) is 0 Å². The lowest BCUT2D eigenvalue weighted by Crippen LogP contribution is -2.21. The molecule has 0 saturated carbocycles. The quantitative estimate of drug-likeness (QED) is 0.761. The van der Waals surface area contributed by atoms with E-state index in [4.69, 9.17) is 18.9 Å². The number of alkyl halides is 3. The largest absolute Gasteiger partial charge is 0.493 e. The standard InChI is InChI=1S/C19H16F3NO6/c1-26-14-7-11(8-15-17(14)28-6-5-27-15)18(25)29-10-16(24)23-13-4-2-3-12(9-13)19(20,21)22/h2-4,7-9H,5-6,10H2,1H3,(H,23,24). The van der Waals surface area contributed by atoms with E-state index < -0.39 is 30.2 Å². The molecule has 0 aromatic heterocycles. The van der Waals surface area contributed by atoms with E-state index >= 15 is 0 Å². The molecule has 1 N–H and O–H groups in total. The zero-order chi connectivity index (χ0) is 21.0. The molecule has 29 heavy (non-hydrogen) atoms. The third-order valence-electron chi connectivity index (χ3n) is 3.87. The van der Waals surface area contributed by atoms with Gasteiger partial charge < -0.3 is 24.3 Å². The zero-order valence-electron chi connectivity index (χ0n) is 15.2. The number of carbonyl (C=O) groups is 2. The molecule has 1 aliphatic heterocycles. The molecule has 0 atom stereocenters. The Morgan fingerprint density at radius 3 is 2.62 bits per heavy atom. The van der Waals surface area contributed by atoms with Crippen LogP contribution in [0.3, 0.4) is 0 Å². The van der Waals surface area contributed by atoms with Crippen LogP contribution in [0, 0.1) is 0 Å². The van der Waals surface area contributed by atoms with Crippen molar-refractivity contribution in [2.45, 2.75) is 6.18 Å². The fourth-order valence-corrected chi connectivity index (χ4v) is 2.58. The van der Waals surface area contributed by atoms with Gasteiger partial charge in [-0.15, -0.1) is 0 Å². The summed E-state index contributed by atoms with van der Waals surface area (Å²) in [6.45, 7) is -0.0528. The minimum atomic E-state index is -4.54. The first-order valence-corrected chi connectivity index (χ1v) is 8.40. The van der Waals surface area contributed by atoms with E-state index in [1.54, 1.807) is 0 Å². The van der Waals surface area contributed by atoms with Gasteiger partial charge in [-0.2, -0.15) is 13.2 Å². The number of carbonyl (C=O) groups excluding carboxylic acids is 2. The van der Waals surface area contributed by atoms with Crippen molar-refractivity contribution in [3.8, 4) is 17.2 Å². The van der Waals surface area contributed by atoms with Gasteiger partial charge in [-0.25, -0.2) is 4.79 Å². The average molecular weight is 411 g/mol. The SMILES string of the molecule is COc1cc(C(=O)OCC(=O)Nc2cccc(C(F)(F)F)c2)cc2c1OCCO2. The lowest BCUT2D eigenvalue weighted by molar-refractivity contribution is -0.137. The van der Waals surface area contributed by atoms with E-state index in [0.29, 0.717) is 24.7 Å². The average Bonchev–Trinajstić information content (AvgIpc) is 2.70. The van der Waals surface area contributed by atoms with E-state index in [1.807, 2.05) is 0 Å². The summed E-state index contributed by atoms with van der Waals surface area (Å²) >= 11 is 0. The number of rotatable bonds is 5. The Morgan fingerprint density at radius 1 is 1.14 bits per heavy atom. The van der Waals surface area contributed by atoms with Crippen molar-refractivity contribution in [3.05, 3.63) is 47.5 Å². The minimum absolute atomic E-state index is 0.0676. The highest BCUT2D eigenvalue weighted by molar-refractivity contribution is 5.96. The molecule has 0 fully saturated rings. The molecular weight excluding hydrogens is 395 g/mol. The number of nitrogens with one attached hydrogen (secondary N) is 1. The van der Waals surface area contributed by atoms with E-state index in [9.17, 15) is 22.8 Å². The summed E-state index contributed by atoms with van der Waals surface area (Å²) in [5, 5.41) is 2.25. The lowest BCUT2D eigenvalue weighted by Gasteiger charge is -2.21. The Labute approximate surface area is 163 Å². The van der Waals surface area contributed by atoms with Crippen molar-refractivity contribution in [3.63, 3.8) is 0 Å². The molecule has 154 valence electrons. The molecule has 1 amide bonds. The molecule has 0 saturated heterocycles. The number of anilines is 1. The summed E-state index contributed by atoms with van der Waals surface area (Å²) in [7, 11) is 1.39. The highest BCUT2D eigenvalue weighted by Crippen LogP contribution is 2.40.